The quantitative estimate of drug-likeness (QED) is 0.739. The summed E-state index contributed by atoms with van der Waals surface area (Å²) in [7, 11) is 0. The first kappa shape index (κ1) is 20.0. The Labute approximate surface area is 134 Å². The summed E-state index contributed by atoms with van der Waals surface area (Å²) in [6, 6.07) is 0.168. The fraction of sp³-hybridized carbons (Fsp3) is 0.929. The van der Waals surface area contributed by atoms with Crippen molar-refractivity contribution in [3.8, 4) is 0 Å². The third kappa shape index (κ3) is 6.17. The van der Waals surface area contributed by atoms with Crippen molar-refractivity contribution in [2.75, 3.05) is 6.54 Å². The largest absolute Gasteiger partial charge is 0.354 e. The number of nitrogens with two attached hydrogens (primary N) is 2. The maximum Gasteiger partial charge on any atom is 0.224 e. The van der Waals surface area contributed by atoms with E-state index in [1.165, 1.54) is 25.7 Å². The van der Waals surface area contributed by atoms with E-state index in [0.717, 1.165) is 25.7 Å². The van der Waals surface area contributed by atoms with Crippen LogP contribution in [0.15, 0.2) is 0 Å². The molecule has 0 spiro atoms. The van der Waals surface area contributed by atoms with Gasteiger partial charge in [0.25, 0.3) is 0 Å². The van der Waals surface area contributed by atoms with Crippen LogP contribution in [-0.4, -0.2) is 24.5 Å². The van der Waals surface area contributed by atoms with Gasteiger partial charge in [0.05, 0.1) is 5.92 Å². The van der Waals surface area contributed by atoms with E-state index < -0.39 is 0 Å². The third-order valence-corrected chi connectivity index (χ3v) is 4.40. The normalized spacial score (nSPS) is 28.1. The smallest absolute Gasteiger partial charge is 0.224 e. The fourth-order valence-corrected chi connectivity index (χ4v) is 2.88. The molecule has 2 aliphatic carbocycles. The first-order valence-corrected chi connectivity index (χ1v) is 7.47. The molecule has 0 radical (unpaired) electrons. The van der Waals surface area contributed by atoms with Gasteiger partial charge in [0, 0.05) is 18.6 Å². The molecule has 2 rings (SSSR count). The van der Waals surface area contributed by atoms with Crippen LogP contribution in [0.5, 0.6) is 0 Å². The summed E-state index contributed by atoms with van der Waals surface area (Å²) < 4.78 is 0. The summed E-state index contributed by atoms with van der Waals surface area (Å²) in [5.74, 6) is 0.758. The average molecular weight is 326 g/mol. The molecule has 0 aliphatic heterocycles. The minimum Gasteiger partial charge on any atom is -0.354 e. The van der Waals surface area contributed by atoms with Crippen LogP contribution in [-0.2, 0) is 4.79 Å². The highest BCUT2D eigenvalue weighted by molar-refractivity contribution is 5.85. The summed E-state index contributed by atoms with van der Waals surface area (Å²) in [6.07, 6.45) is 9.14. The lowest BCUT2D eigenvalue weighted by Gasteiger charge is -2.26. The summed E-state index contributed by atoms with van der Waals surface area (Å²) in [4.78, 5) is 12.2. The van der Waals surface area contributed by atoms with Gasteiger partial charge in [-0.15, -0.1) is 24.8 Å². The summed E-state index contributed by atoms with van der Waals surface area (Å²) in [6.45, 7) is 0.618. The van der Waals surface area contributed by atoms with Gasteiger partial charge in [0.1, 0.15) is 0 Å². The monoisotopic (exact) mass is 325 g/mol. The van der Waals surface area contributed by atoms with Gasteiger partial charge in [0.15, 0.2) is 0 Å². The number of hydrogen-bond acceptors (Lipinski definition) is 3. The lowest BCUT2D eigenvalue weighted by Crippen LogP contribution is -2.46. The molecule has 0 saturated heterocycles. The minimum absolute atomic E-state index is 0. The Kier molecular flexibility index (Phi) is 9.81. The fourth-order valence-electron chi connectivity index (χ4n) is 2.88. The first-order valence-electron chi connectivity index (χ1n) is 7.47. The van der Waals surface area contributed by atoms with E-state index in [9.17, 15) is 4.79 Å². The number of hydrogen-bond donors (Lipinski definition) is 3. The van der Waals surface area contributed by atoms with Gasteiger partial charge in [0.2, 0.25) is 5.91 Å². The molecule has 5 N–H and O–H groups in total. The molecule has 0 aromatic heterocycles. The third-order valence-electron chi connectivity index (χ3n) is 4.40. The van der Waals surface area contributed by atoms with Crippen LogP contribution < -0.4 is 16.8 Å². The van der Waals surface area contributed by atoms with Crippen LogP contribution >= 0.6 is 24.8 Å². The molecule has 6 heteroatoms. The van der Waals surface area contributed by atoms with Gasteiger partial charge in [-0.25, -0.2) is 0 Å². The number of nitrogens with one attached hydrogen (secondary N) is 1. The molecule has 2 saturated carbocycles. The van der Waals surface area contributed by atoms with Crippen molar-refractivity contribution in [3.05, 3.63) is 0 Å². The molecular formula is C14H29Cl2N3O. The van der Waals surface area contributed by atoms with E-state index in [0.29, 0.717) is 12.5 Å². The summed E-state index contributed by atoms with van der Waals surface area (Å²) in [5, 5.41) is 3.01. The van der Waals surface area contributed by atoms with Crippen molar-refractivity contribution >= 4 is 30.7 Å². The molecule has 0 aromatic rings. The van der Waals surface area contributed by atoms with E-state index in [-0.39, 0.29) is 48.7 Å². The van der Waals surface area contributed by atoms with E-state index in [1.807, 2.05) is 0 Å². The first-order chi connectivity index (χ1) is 8.68. The molecule has 3 atom stereocenters. The number of amides is 1. The maximum absolute atomic E-state index is 12.2. The molecule has 0 bridgehead atoms. The SMILES string of the molecule is Cl.Cl.NC(CNC(=O)C1CCCCCCC1N)C1CC1. The lowest BCUT2D eigenvalue weighted by molar-refractivity contribution is -0.126. The van der Waals surface area contributed by atoms with Crippen LogP contribution in [0.3, 0.4) is 0 Å². The number of carbonyl (C=O) groups is 1. The van der Waals surface area contributed by atoms with Crippen molar-refractivity contribution in [3.63, 3.8) is 0 Å². The van der Waals surface area contributed by atoms with Crippen LogP contribution in [0.25, 0.3) is 0 Å². The Morgan fingerprint density at radius 2 is 1.65 bits per heavy atom. The molecule has 1 amide bonds. The van der Waals surface area contributed by atoms with Gasteiger partial charge in [-0.2, -0.15) is 0 Å². The molecule has 0 aromatic carbocycles. The maximum atomic E-state index is 12.2. The van der Waals surface area contributed by atoms with Crippen LogP contribution in [0.4, 0.5) is 0 Å². The van der Waals surface area contributed by atoms with Crippen molar-refractivity contribution in [2.24, 2.45) is 23.3 Å². The van der Waals surface area contributed by atoms with Crippen LogP contribution in [0.1, 0.15) is 51.4 Å². The van der Waals surface area contributed by atoms with Gasteiger partial charge in [-0.3, -0.25) is 4.79 Å². The molecule has 2 fully saturated rings. The molecule has 4 nitrogen and oxygen atoms in total. The molecule has 20 heavy (non-hydrogen) atoms. The Balaban J connectivity index is 0.00000180. The Bertz CT molecular complexity index is 288. The van der Waals surface area contributed by atoms with E-state index in [2.05, 4.69) is 5.32 Å². The molecule has 3 unspecified atom stereocenters. The summed E-state index contributed by atoms with van der Waals surface area (Å²) in [5.41, 5.74) is 12.1. The second kappa shape index (κ2) is 9.82. The van der Waals surface area contributed by atoms with Gasteiger partial charge >= 0.3 is 0 Å². The van der Waals surface area contributed by atoms with Gasteiger partial charge in [-0.05, 0) is 31.6 Å². The predicted octanol–water partition coefficient (Wildman–Crippen LogP) is 1.98. The zero-order chi connectivity index (χ0) is 13.0. The minimum atomic E-state index is -0.00305. The highest BCUT2D eigenvalue weighted by atomic mass is 35.5. The van der Waals surface area contributed by atoms with E-state index in [1.54, 1.807) is 0 Å². The number of rotatable bonds is 4. The highest BCUT2D eigenvalue weighted by Crippen LogP contribution is 2.31. The average Bonchev–Trinajstić information content (AvgIpc) is 3.15. The van der Waals surface area contributed by atoms with Gasteiger partial charge in [-0.1, -0.05) is 25.7 Å². The van der Waals surface area contributed by atoms with Crippen molar-refractivity contribution in [1.82, 2.24) is 5.32 Å². The molecule has 2 aliphatic rings. The van der Waals surface area contributed by atoms with Gasteiger partial charge < -0.3 is 16.8 Å². The highest BCUT2D eigenvalue weighted by Gasteiger charge is 2.30. The van der Waals surface area contributed by atoms with Crippen molar-refractivity contribution in [1.29, 1.82) is 0 Å². The Hall–Kier alpha value is -0.0300. The topological polar surface area (TPSA) is 81.1 Å². The van der Waals surface area contributed by atoms with Crippen LogP contribution in [0, 0.1) is 11.8 Å². The molecule has 0 heterocycles. The predicted molar refractivity (Wildman–Crippen MR) is 87.4 cm³/mol. The van der Waals surface area contributed by atoms with E-state index >= 15 is 0 Å². The summed E-state index contributed by atoms with van der Waals surface area (Å²) >= 11 is 0. The second-order valence-electron chi connectivity index (χ2n) is 6.01. The Morgan fingerprint density at radius 1 is 1.05 bits per heavy atom. The molecular weight excluding hydrogens is 297 g/mol. The lowest BCUT2D eigenvalue weighted by atomic mass is 9.86. The second-order valence-corrected chi connectivity index (χ2v) is 6.01. The standard InChI is InChI=1S/C14H27N3O.2ClH/c15-12-6-4-2-1-3-5-11(12)14(18)17-9-13(16)10-7-8-10;;/h10-13H,1-9,15-16H2,(H,17,18);2*1H. The van der Waals surface area contributed by atoms with Crippen molar-refractivity contribution < 1.29 is 4.79 Å². The van der Waals surface area contributed by atoms with E-state index in [4.69, 9.17) is 11.5 Å². The number of halogens is 2. The molecule has 120 valence electrons. The van der Waals surface area contributed by atoms with Crippen LogP contribution in [0.2, 0.25) is 0 Å². The Morgan fingerprint density at radius 3 is 2.25 bits per heavy atom. The number of carbonyl (C=O) groups excluding carboxylic acids is 1. The zero-order valence-electron chi connectivity index (χ0n) is 12.1. The van der Waals surface area contributed by atoms with Crippen molar-refractivity contribution in [2.45, 2.75) is 63.5 Å². The zero-order valence-corrected chi connectivity index (χ0v) is 13.7.